The summed E-state index contributed by atoms with van der Waals surface area (Å²) in [5, 5.41) is 14.2. The van der Waals surface area contributed by atoms with Gasteiger partial charge in [-0.3, -0.25) is 14.8 Å². The second-order valence-corrected chi connectivity index (χ2v) is 9.26. The third-order valence-electron chi connectivity index (χ3n) is 6.38. The predicted octanol–water partition coefficient (Wildman–Crippen LogP) is 5.66. The lowest BCUT2D eigenvalue weighted by Crippen LogP contribution is -2.25. The van der Waals surface area contributed by atoms with Gasteiger partial charge in [0, 0.05) is 16.3 Å². The Morgan fingerprint density at radius 3 is 2.49 bits per heavy atom. The Bertz CT molecular complexity index is 1710. The van der Waals surface area contributed by atoms with Crippen LogP contribution in [0.2, 0.25) is 5.02 Å². The number of hydrogen-bond acceptors (Lipinski definition) is 6. The fraction of sp³-hybridized carbons (Fsp3) is 0.103. The maximum atomic E-state index is 13.8. The Morgan fingerprint density at radius 2 is 1.73 bits per heavy atom. The van der Waals surface area contributed by atoms with E-state index < -0.39 is 0 Å². The molecule has 0 unspecified atom stereocenters. The van der Waals surface area contributed by atoms with Crippen LogP contribution in [-0.4, -0.2) is 20.2 Å². The molecule has 0 atom stereocenters. The zero-order valence-corrected chi connectivity index (χ0v) is 21.2. The molecule has 2 aromatic heterocycles. The van der Waals surface area contributed by atoms with E-state index in [0.29, 0.717) is 27.4 Å². The molecular weight excluding hydrogens is 484 g/mol. The number of pyridine rings is 1. The molecule has 5 aromatic rings. The molecule has 5 rings (SSSR count). The van der Waals surface area contributed by atoms with Crippen LogP contribution in [0.4, 0.5) is 11.6 Å². The molecule has 0 spiro atoms. The summed E-state index contributed by atoms with van der Waals surface area (Å²) in [5.41, 5.74) is 10.8. The van der Waals surface area contributed by atoms with Crippen molar-refractivity contribution < 1.29 is 0 Å². The molecular formula is C29H25ClN6O. The number of nitrogens with one attached hydrogen (secondary N) is 2. The Morgan fingerprint density at radius 1 is 1.00 bits per heavy atom. The highest BCUT2D eigenvalue weighted by Crippen LogP contribution is 2.25. The number of fused-ring (bicyclic) bond motifs is 1. The Hall–Kier alpha value is -4.49. The summed E-state index contributed by atoms with van der Waals surface area (Å²) >= 11 is 6.02. The summed E-state index contributed by atoms with van der Waals surface area (Å²) in [4.78, 5) is 22.3. The first kappa shape index (κ1) is 24.2. The van der Waals surface area contributed by atoms with E-state index in [1.165, 1.54) is 6.33 Å². The number of nitrogens with zero attached hydrogens (tertiary/aromatic N) is 3. The number of nitrogens with two attached hydrogens (primary N) is 1. The van der Waals surface area contributed by atoms with E-state index in [1.807, 2.05) is 62.4 Å². The number of aromatic nitrogens is 3. The first-order chi connectivity index (χ1) is 17.8. The first-order valence-electron chi connectivity index (χ1n) is 11.7. The van der Waals surface area contributed by atoms with E-state index in [-0.39, 0.29) is 23.6 Å². The summed E-state index contributed by atoms with van der Waals surface area (Å²) in [6.07, 6.45) is 1.36. The molecule has 0 aliphatic rings. The Labute approximate surface area is 219 Å². The quantitative estimate of drug-likeness (QED) is 0.256. The Balaban J connectivity index is 1.61. The van der Waals surface area contributed by atoms with Gasteiger partial charge in [-0.05, 0) is 54.6 Å². The van der Waals surface area contributed by atoms with Gasteiger partial charge in [-0.1, -0.05) is 60.1 Å². The minimum Gasteiger partial charge on any atom is -0.383 e. The van der Waals surface area contributed by atoms with Gasteiger partial charge in [-0.2, -0.15) is 0 Å². The Kier molecular flexibility index (Phi) is 6.46. The van der Waals surface area contributed by atoms with Gasteiger partial charge < -0.3 is 11.1 Å². The van der Waals surface area contributed by atoms with Crippen molar-refractivity contribution in [1.82, 2.24) is 14.5 Å². The highest BCUT2D eigenvalue weighted by molar-refractivity contribution is 6.30. The monoisotopic (exact) mass is 508 g/mol. The molecule has 0 aliphatic carbocycles. The van der Waals surface area contributed by atoms with Crippen molar-refractivity contribution in [3.63, 3.8) is 0 Å². The van der Waals surface area contributed by atoms with Gasteiger partial charge in [-0.25, -0.2) is 9.97 Å². The van der Waals surface area contributed by atoms with Crippen LogP contribution in [0.5, 0.6) is 0 Å². The minimum absolute atomic E-state index is 0.0852. The number of hydrogen-bond donors (Lipinski definition) is 3. The first-order valence-corrected chi connectivity index (χ1v) is 12.1. The van der Waals surface area contributed by atoms with Gasteiger partial charge in [0.2, 0.25) is 0 Å². The van der Waals surface area contributed by atoms with Gasteiger partial charge in [0.05, 0.1) is 28.9 Å². The molecule has 3 aromatic carbocycles. The van der Waals surface area contributed by atoms with Crippen LogP contribution >= 0.6 is 11.6 Å². The third kappa shape index (κ3) is 4.57. The molecule has 37 heavy (non-hydrogen) atoms. The number of anilines is 2. The van der Waals surface area contributed by atoms with E-state index in [1.54, 1.807) is 28.8 Å². The van der Waals surface area contributed by atoms with Crippen molar-refractivity contribution in [2.24, 2.45) is 0 Å². The average molecular weight is 509 g/mol. The topological polar surface area (TPSA) is 110 Å². The van der Waals surface area contributed by atoms with Gasteiger partial charge in [0.15, 0.2) is 0 Å². The summed E-state index contributed by atoms with van der Waals surface area (Å²) in [7, 11) is 0. The van der Waals surface area contributed by atoms with Crippen molar-refractivity contribution in [3.8, 4) is 5.69 Å². The lowest BCUT2D eigenvalue weighted by molar-refractivity contribution is 0.883. The maximum Gasteiger partial charge on any atom is 0.263 e. The molecule has 4 N–H and O–H groups in total. The SMILES string of the molecule is Cc1ccccc1-n1c(CNc2ncnc(N)c2C(=N)c2ccc(Cl)cc2)cc2cccc(C)c2c1=O. The van der Waals surface area contributed by atoms with Crippen molar-refractivity contribution in [2.75, 3.05) is 11.1 Å². The second-order valence-electron chi connectivity index (χ2n) is 8.82. The van der Waals surface area contributed by atoms with E-state index in [0.717, 1.165) is 27.9 Å². The van der Waals surface area contributed by atoms with Crippen molar-refractivity contribution in [2.45, 2.75) is 20.4 Å². The number of para-hydroxylation sites is 1. The molecule has 0 saturated heterocycles. The number of aryl methyl sites for hydroxylation is 2. The highest BCUT2D eigenvalue weighted by Gasteiger charge is 2.18. The van der Waals surface area contributed by atoms with Crippen molar-refractivity contribution in [1.29, 1.82) is 5.41 Å². The molecule has 0 bridgehead atoms. The minimum atomic E-state index is -0.0852. The van der Waals surface area contributed by atoms with E-state index in [2.05, 4.69) is 15.3 Å². The van der Waals surface area contributed by atoms with Crippen LogP contribution in [0.15, 0.2) is 83.9 Å². The van der Waals surface area contributed by atoms with Crippen LogP contribution in [0.25, 0.3) is 16.5 Å². The lowest BCUT2D eigenvalue weighted by Gasteiger charge is -2.19. The van der Waals surface area contributed by atoms with E-state index in [4.69, 9.17) is 22.7 Å². The zero-order chi connectivity index (χ0) is 26.1. The van der Waals surface area contributed by atoms with Gasteiger partial charge in [-0.15, -0.1) is 0 Å². The fourth-order valence-electron chi connectivity index (χ4n) is 4.51. The number of benzene rings is 3. The standard InChI is InChI=1S/C29H25ClN6O/c1-17-6-3-4-9-23(17)36-22(14-20-8-5-7-18(2)24(20)29(36)37)15-33-28-25(27(32)34-16-35-28)26(31)19-10-12-21(30)13-11-19/h3-14,16,31H,15H2,1-2H3,(H3,32,33,34,35). The maximum absolute atomic E-state index is 13.8. The number of halogens is 1. The summed E-state index contributed by atoms with van der Waals surface area (Å²) in [6.45, 7) is 4.20. The summed E-state index contributed by atoms with van der Waals surface area (Å²) < 4.78 is 1.74. The zero-order valence-electron chi connectivity index (χ0n) is 20.4. The van der Waals surface area contributed by atoms with Gasteiger partial charge in [0.1, 0.15) is 18.0 Å². The van der Waals surface area contributed by atoms with Crippen molar-refractivity contribution in [3.05, 3.63) is 122 Å². The molecule has 184 valence electrons. The normalized spacial score (nSPS) is 11.0. The number of rotatable bonds is 6. The molecule has 7 nitrogen and oxygen atoms in total. The average Bonchev–Trinajstić information content (AvgIpc) is 2.88. The molecule has 0 aliphatic heterocycles. The van der Waals surface area contributed by atoms with Crippen LogP contribution in [0, 0.1) is 19.3 Å². The van der Waals surface area contributed by atoms with Crippen LogP contribution in [0.3, 0.4) is 0 Å². The molecule has 2 heterocycles. The van der Waals surface area contributed by atoms with Gasteiger partial charge in [0.25, 0.3) is 5.56 Å². The number of nitrogen functional groups attached to an aromatic ring is 1. The van der Waals surface area contributed by atoms with Gasteiger partial charge >= 0.3 is 0 Å². The third-order valence-corrected chi connectivity index (χ3v) is 6.64. The van der Waals surface area contributed by atoms with E-state index in [9.17, 15) is 4.79 Å². The largest absolute Gasteiger partial charge is 0.383 e. The molecule has 8 heteroatoms. The fourth-order valence-corrected chi connectivity index (χ4v) is 4.64. The second kappa shape index (κ2) is 9.87. The van der Waals surface area contributed by atoms with Crippen LogP contribution in [0.1, 0.15) is 27.9 Å². The van der Waals surface area contributed by atoms with Crippen LogP contribution < -0.4 is 16.6 Å². The summed E-state index contributed by atoms with van der Waals surface area (Å²) in [5.74, 6) is 0.587. The van der Waals surface area contributed by atoms with E-state index >= 15 is 0 Å². The highest BCUT2D eigenvalue weighted by atomic mass is 35.5. The molecule has 0 fully saturated rings. The molecule has 0 radical (unpaired) electrons. The lowest BCUT2D eigenvalue weighted by atomic mass is 10.0. The predicted molar refractivity (Wildman–Crippen MR) is 150 cm³/mol. The smallest absolute Gasteiger partial charge is 0.263 e. The van der Waals surface area contributed by atoms with Crippen LogP contribution in [-0.2, 0) is 6.54 Å². The van der Waals surface area contributed by atoms with Crippen molar-refractivity contribution >= 4 is 39.7 Å². The molecule has 0 amide bonds. The summed E-state index contributed by atoms with van der Waals surface area (Å²) in [6, 6.07) is 22.6. The molecule has 0 saturated carbocycles.